The molecule has 0 aliphatic heterocycles. The molecule has 0 saturated carbocycles. The van der Waals surface area contributed by atoms with E-state index >= 15 is 0 Å². The molecule has 6 nitrogen and oxygen atoms in total. The molecule has 1 atom stereocenters. The van der Waals surface area contributed by atoms with E-state index in [0.29, 0.717) is 33.5 Å². The van der Waals surface area contributed by atoms with E-state index in [0.717, 1.165) is 0 Å². The fourth-order valence-electron chi connectivity index (χ4n) is 2.55. The van der Waals surface area contributed by atoms with Crippen LogP contribution < -0.4 is 4.74 Å². The molecule has 0 aliphatic carbocycles. The normalized spacial score (nSPS) is 12.2. The van der Waals surface area contributed by atoms with Gasteiger partial charge in [-0.2, -0.15) is 0 Å². The molecule has 0 radical (unpaired) electrons. The SMILES string of the molecule is CC(C)OCc1coc(-c2cc(Cl)ccc2OC(C(=O)O)c2ccc(Cl)cc2)n1. The molecule has 3 aromatic rings. The first-order valence-corrected chi connectivity index (χ1v) is 9.60. The van der Waals surface area contributed by atoms with Gasteiger partial charge in [-0.05, 0) is 44.2 Å². The van der Waals surface area contributed by atoms with Gasteiger partial charge in [0.2, 0.25) is 12.0 Å². The summed E-state index contributed by atoms with van der Waals surface area (Å²) >= 11 is 12.0. The maximum absolute atomic E-state index is 11.8. The van der Waals surface area contributed by atoms with E-state index in [1.807, 2.05) is 13.8 Å². The summed E-state index contributed by atoms with van der Waals surface area (Å²) in [6, 6.07) is 11.2. The molecule has 0 amide bonds. The van der Waals surface area contributed by atoms with Gasteiger partial charge in [-0.15, -0.1) is 0 Å². The van der Waals surface area contributed by atoms with Crippen LogP contribution in [0.1, 0.15) is 31.2 Å². The first kappa shape index (κ1) is 21.2. The lowest BCUT2D eigenvalue weighted by Gasteiger charge is -2.17. The predicted octanol–water partition coefficient (Wildman–Crippen LogP) is 5.78. The van der Waals surface area contributed by atoms with Crippen molar-refractivity contribution in [2.24, 2.45) is 0 Å². The molecular formula is C21H19Cl2NO5. The third kappa shape index (κ3) is 5.50. The molecule has 1 heterocycles. The average Bonchev–Trinajstić information content (AvgIpc) is 3.15. The minimum Gasteiger partial charge on any atom is -0.478 e. The molecule has 0 saturated heterocycles. The Kier molecular flexibility index (Phi) is 6.79. The van der Waals surface area contributed by atoms with Gasteiger partial charge in [0, 0.05) is 15.6 Å². The van der Waals surface area contributed by atoms with Crippen LogP contribution in [0.4, 0.5) is 0 Å². The highest BCUT2D eigenvalue weighted by molar-refractivity contribution is 6.31. The van der Waals surface area contributed by atoms with Gasteiger partial charge in [-0.1, -0.05) is 35.3 Å². The van der Waals surface area contributed by atoms with Crippen LogP contribution in [0.2, 0.25) is 10.0 Å². The second kappa shape index (κ2) is 9.31. The van der Waals surface area contributed by atoms with Crippen LogP contribution in [0.5, 0.6) is 5.75 Å². The van der Waals surface area contributed by atoms with Crippen molar-refractivity contribution >= 4 is 29.2 Å². The lowest BCUT2D eigenvalue weighted by molar-refractivity contribution is -0.145. The van der Waals surface area contributed by atoms with Gasteiger partial charge in [0.25, 0.3) is 0 Å². The van der Waals surface area contributed by atoms with E-state index in [1.54, 1.807) is 42.5 Å². The Bertz CT molecular complexity index is 985. The number of benzene rings is 2. The van der Waals surface area contributed by atoms with Crippen LogP contribution >= 0.6 is 23.2 Å². The van der Waals surface area contributed by atoms with Crippen LogP contribution in [-0.4, -0.2) is 22.2 Å². The number of hydrogen-bond donors (Lipinski definition) is 1. The summed E-state index contributed by atoms with van der Waals surface area (Å²) in [5.74, 6) is -0.619. The Labute approximate surface area is 178 Å². The van der Waals surface area contributed by atoms with Crippen LogP contribution in [0, 0.1) is 0 Å². The molecule has 2 aromatic carbocycles. The van der Waals surface area contributed by atoms with E-state index in [2.05, 4.69) is 4.98 Å². The number of carboxylic acids is 1. The number of rotatable bonds is 8. The standard InChI is InChI=1S/C21H19Cl2NO5/c1-12(2)27-10-16-11-28-20(24-16)17-9-15(23)7-8-18(17)29-19(21(25)26)13-3-5-14(22)6-4-13/h3-9,11-12,19H,10H2,1-2H3,(H,25,26). The quantitative estimate of drug-likeness (QED) is 0.482. The molecule has 0 aliphatic rings. The fraction of sp³-hybridized carbons (Fsp3) is 0.238. The number of hydrogen-bond acceptors (Lipinski definition) is 5. The number of nitrogens with zero attached hydrogens (tertiary/aromatic N) is 1. The summed E-state index contributed by atoms with van der Waals surface area (Å²) in [5, 5.41) is 10.6. The highest BCUT2D eigenvalue weighted by atomic mass is 35.5. The van der Waals surface area contributed by atoms with Crippen molar-refractivity contribution in [2.45, 2.75) is 32.7 Å². The predicted molar refractivity (Wildman–Crippen MR) is 109 cm³/mol. The van der Waals surface area contributed by atoms with Gasteiger partial charge in [0.1, 0.15) is 17.7 Å². The van der Waals surface area contributed by atoms with Crippen molar-refractivity contribution < 1.29 is 23.8 Å². The monoisotopic (exact) mass is 435 g/mol. The fourth-order valence-corrected chi connectivity index (χ4v) is 2.84. The lowest BCUT2D eigenvalue weighted by atomic mass is 10.1. The topological polar surface area (TPSA) is 81.8 Å². The van der Waals surface area contributed by atoms with Gasteiger partial charge in [0.15, 0.2) is 0 Å². The maximum Gasteiger partial charge on any atom is 0.349 e. The minimum atomic E-state index is -1.24. The summed E-state index contributed by atoms with van der Waals surface area (Å²) in [6.07, 6.45) is 0.290. The van der Waals surface area contributed by atoms with Gasteiger partial charge in [-0.25, -0.2) is 9.78 Å². The Morgan fingerprint density at radius 1 is 1.14 bits per heavy atom. The van der Waals surface area contributed by atoms with Gasteiger partial charge in [-0.3, -0.25) is 0 Å². The zero-order valence-electron chi connectivity index (χ0n) is 15.8. The smallest absolute Gasteiger partial charge is 0.349 e. The van der Waals surface area contributed by atoms with Crippen molar-refractivity contribution in [1.29, 1.82) is 0 Å². The highest BCUT2D eigenvalue weighted by Gasteiger charge is 2.24. The number of oxazole rings is 1. The molecule has 1 unspecified atom stereocenters. The number of aliphatic carboxylic acids is 1. The Balaban J connectivity index is 1.92. The van der Waals surface area contributed by atoms with E-state index < -0.39 is 12.1 Å². The average molecular weight is 436 g/mol. The zero-order chi connectivity index (χ0) is 21.0. The number of halogens is 2. The van der Waals surface area contributed by atoms with Crippen LogP contribution in [-0.2, 0) is 16.1 Å². The Hall–Kier alpha value is -2.54. The molecule has 0 fully saturated rings. The number of aromatic nitrogens is 1. The molecule has 152 valence electrons. The molecule has 3 rings (SSSR count). The molecule has 0 bridgehead atoms. The maximum atomic E-state index is 11.8. The highest BCUT2D eigenvalue weighted by Crippen LogP contribution is 2.35. The summed E-state index contributed by atoms with van der Waals surface area (Å²) in [5.41, 5.74) is 1.49. The summed E-state index contributed by atoms with van der Waals surface area (Å²) < 4.78 is 16.9. The summed E-state index contributed by atoms with van der Waals surface area (Å²) in [4.78, 5) is 16.2. The first-order chi connectivity index (χ1) is 13.8. The van der Waals surface area contributed by atoms with Crippen molar-refractivity contribution in [3.8, 4) is 17.2 Å². The Morgan fingerprint density at radius 2 is 1.83 bits per heavy atom. The van der Waals surface area contributed by atoms with E-state index in [-0.39, 0.29) is 17.7 Å². The second-order valence-corrected chi connectivity index (χ2v) is 7.40. The molecule has 29 heavy (non-hydrogen) atoms. The van der Waals surface area contributed by atoms with Crippen LogP contribution in [0.3, 0.4) is 0 Å². The van der Waals surface area contributed by atoms with Gasteiger partial charge >= 0.3 is 5.97 Å². The van der Waals surface area contributed by atoms with Crippen molar-refractivity contribution in [3.63, 3.8) is 0 Å². The number of carboxylic acid groups (broad SMARTS) is 1. The molecule has 0 spiro atoms. The largest absolute Gasteiger partial charge is 0.478 e. The lowest BCUT2D eigenvalue weighted by Crippen LogP contribution is -2.18. The molecular weight excluding hydrogens is 417 g/mol. The third-order valence-electron chi connectivity index (χ3n) is 3.93. The van der Waals surface area contributed by atoms with E-state index in [4.69, 9.17) is 37.1 Å². The minimum absolute atomic E-state index is 0.0518. The number of carbonyl (C=O) groups is 1. The van der Waals surface area contributed by atoms with Crippen LogP contribution in [0.25, 0.3) is 11.5 Å². The van der Waals surface area contributed by atoms with Crippen molar-refractivity contribution in [3.05, 3.63) is 70.0 Å². The third-order valence-corrected chi connectivity index (χ3v) is 4.42. The molecule has 1 aromatic heterocycles. The molecule has 8 heteroatoms. The summed E-state index contributed by atoms with van der Waals surface area (Å²) in [6.45, 7) is 4.14. The first-order valence-electron chi connectivity index (χ1n) is 8.84. The van der Waals surface area contributed by atoms with Gasteiger partial charge < -0.3 is 19.0 Å². The van der Waals surface area contributed by atoms with Crippen LogP contribution in [0.15, 0.2) is 53.1 Å². The van der Waals surface area contributed by atoms with Crippen molar-refractivity contribution in [2.75, 3.05) is 0 Å². The van der Waals surface area contributed by atoms with Crippen molar-refractivity contribution in [1.82, 2.24) is 4.98 Å². The Morgan fingerprint density at radius 3 is 2.48 bits per heavy atom. The zero-order valence-corrected chi connectivity index (χ0v) is 17.3. The van der Waals surface area contributed by atoms with Gasteiger partial charge in [0.05, 0.1) is 18.3 Å². The van der Waals surface area contributed by atoms with E-state index in [9.17, 15) is 9.90 Å². The second-order valence-electron chi connectivity index (χ2n) is 6.53. The summed E-state index contributed by atoms with van der Waals surface area (Å²) in [7, 11) is 0. The van der Waals surface area contributed by atoms with E-state index in [1.165, 1.54) is 6.26 Å². The molecule has 1 N–H and O–H groups in total. The number of ether oxygens (including phenoxy) is 2.